The van der Waals surface area contributed by atoms with E-state index in [2.05, 4.69) is 10.1 Å². The topological polar surface area (TPSA) is 30.2 Å². The van der Waals surface area contributed by atoms with E-state index in [0.717, 1.165) is 0 Å². The zero-order chi connectivity index (χ0) is 7.84. The minimum Gasteiger partial charge on any atom is -0.219 e. The molecule has 0 radical (unpaired) electrons. The van der Waals surface area contributed by atoms with E-state index in [0.29, 0.717) is 14.5 Å². The molecular weight excluding hydrogens is 276 g/mol. The van der Waals surface area contributed by atoms with E-state index in [1.165, 1.54) is 0 Å². The molecule has 5 heteroatoms. The molecule has 0 aliphatic rings. The van der Waals surface area contributed by atoms with Gasteiger partial charge in [0.1, 0.15) is 0 Å². The molecule has 0 spiro atoms. The van der Waals surface area contributed by atoms with Crippen molar-refractivity contribution in [3.05, 3.63) is 27.2 Å². The maximum absolute atomic E-state index is 5.84. The maximum Gasteiger partial charge on any atom is 0.212 e. The number of halogens is 2. The Kier molecular flexibility index (Phi) is 1.72. The maximum atomic E-state index is 5.84. The summed E-state index contributed by atoms with van der Waals surface area (Å²) in [7, 11) is 0. The molecule has 0 bridgehead atoms. The first-order valence-corrected chi connectivity index (χ1v) is 4.39. The average molecular weight is 279 g/mol. The minimum absolute atomic E-state index is 0.628. The van der Waals surface area contributed by atoms with Crippen molar-refractivity contribution in [1.82, 2.24) is 14.6 Å². The predicted molar refractivity (Wildman–Crippen MR) is 50.7 cm³/mol. The summed E-state index contributed by atoms with van der Waals surface area (Å²) in [5.74, 6) is 0. The normalized spacial score (nSPS) is 10.7. The highest BCUT2D eigenvalue weighted by Gasteiger charge is 2.02. The lowest BCUT2D eigenvalue weighted by atomic mass is 10.5. The summed E-state index contributed by atoms with van der Waals surface area (Å²) in [5.41, 5.74) is 0.707. The van der Waals surface area contributed by atoms with Gasteiger partial charge in [-0.2, -0.15) is 0 Å². The van der Waals surface area contributed by atoms with E-state index in [4.69, 9.17) is 11.6 Å². The number of nitrogens with zero attached hydrogens (tertiary/aromatic N) is 3. The van der Waals surface area contributed by atoms with Crippen LogP contribution in [0.2, 0.25) is 5.02 Å². The van der Waals surface area contributed by atoms with Crippen LogP contribution in [0.1, 0.15) is 0 Å². The largest absolute Gasteiger partial charge is 0.219 e. The fraction of sp³-hybridized carbons (Fsp3) is 0. The molecule has 0 atom stereocenters. The van der Waals surface area contributed by atoms with Crippen molar-refractivity contribution in [2.75, 3.05) is 0 Å². The first-order valence-electron chi connectivity index (χ1n) is 2.94. The Morgan fingerprint density at radius 1 is 1.55 bits per heavy atom. The third-order valence-corrected chi connectivity index (χ3v) is 2.04. The van der Waals surface area contributed by atoms with E-state index in [1.54, 1.807) is 10.6 Å². The zero-order valence-electron chi connectivity index (χ0n) is 5.33. The molecule has 0 N–H and O–H groups in total. The van der Waals surface area contributed by atoms with Crippen molar-refractivity contribution in [2.24, 2.45) is 0 Å². The second kappa shape index (κ2) is 2.60. The van der Waals surface area contributed by atoms with Crippen LogP contribution in [0, 0.1) is 3.83 Å². The Morgan fingerprint density at radius 3 is 3.09 bits per heavy atom. The predicted octanol–water partition coefficient (Wildman–Crippen LogP) is 1.99. The lowest BCUT2D eigenvalue weighted by Crippen LogP contribution is -1.85. The van der Waals surface area contributed by atoms with Gasteiger partial charge in [0.05, 0.1) is 5.02 Å². The van der Waals surface area contributed by atoms with Gasteiger partial charge in [-0.05, 0) is 12.1 Å². The molecular formula is C6H3ClIN3. The lowest BCUT2D eigenvalue weighted by molar-refractivity contribution is 0.944. The van der Waals surface area contributed by atoms with Crippen molar-refractivity contribution in [2.45, 2.75) is 0 Å². The summed E-state index contributed by atoms with van der Waals surface area (Å²) >= 11 is 7.89. The molecule has 0 saturated carbocycles. The third kappa shape index (κ3) is 1.20. The van der Waals surface area contributed by atoms with E-state index in [1.807, 2.05) is 34.9 Å². The molecule has 0 aromatic carbocycles. The van der Waals surface area contributed by atoms with Gasteiger partial charge in [0.15, 0.2) is 5.65 Å². The molecule has 56 valence electrons. The van der Waals surface area contributed by atoms with Gasteiger partial charge in [0.25, 0.3) is 0 Å². The number of pyridine rings is 1. The summed E-state index contributed by atoms with van der Waals surface area (Å²) in [6.07, 6.45) is 1.82. The van der Waals surface area contributed by atoms with Crippen LogP contribution in [0.15, 0.2) is 18.3 Å². The summed E-state index contributed by atoms with van der Waals surface area (Å²) in [6.45, 7) is 0. The summed E-state index contributed by atoms with van der Waals surface area (Å²) in [4.78, 5) is 4.12. The Morgan fingerprint density at radius 2 is 2.36 bits per heavy atom. The number of fused-ring (bicyclic) bond motifs is 1. The molecule has 0 unspecified atom stereocenters. The third-order valence-electron chi connectivity index (χ3n) is 1.29. The van der Waals surface area contributed by atoms with Crippen LogP contribution in [0.4, 0.5) is 0 Å². The van der Waals surface area contributed by atoms with Crippen LogP contribution in [-0.2, 0) is 0 Å². The van der Waals surface area contributed by atoms with Gasteiger partial charge in [-0.25, -0.2) is 9.50 Å². The van der Waals surface area contributed by atoms with Crippen LogP contribution >= 0.6 is 34.2 Å². The van der Waals surface area contributed by atoms with Crippen molar-refractivity contribution in [1.29, 1.82) is 0 Å². The molecule has 2 rings (SSSR count). The molecule has 0 aliphatic carbocycles. The highest BCUT2D eigenvalue weighted by molar-refractivity contribution is 14.1. The van der Waals surface area contributed by atoms with Gasteiger partial charge < -0.3 is 0 Å². The van der Waals surface area contributed by atoms with Crippen molar-refractivity contribution in [3.8, 4) is 0 Å². The van der Waals surface area contributed by atoms with Crippen LogP contribution in [0.5, 0.6) is 0 Å². The van der Waals surface area contributed by atoms with Crippen molar-refractivity contribution >= 4 is 39.8 Å². The van der Waals surface area contributed by atoms with Gasteiger partial charge in [-0.1, -0.05) is 11.6 Å². The number of aromatic nitrogens is 3. The summed E-state index contributed by atoms with van der Waals surface area (Å²) in [6, 6.07) is 3.63. The highest BCUT2D eigenvalue weighted by Crippen LogP contribution is 2.14. The van der Waals surface area contributed by atoms with Gasteiger partial charge in [0.2, 0.25) is 3.83 Å². The van der Waals surface area contributed by atoms with Crippen molar-refractivity contribution < 1.29 is 0 Å². The molecule has 3 nitrogen and oxygen atoms in total. The SMILES string of the molecule is Clc1cccn2nc(I)nc12. The Labute approximate surface area is 81.5 Å². The lowest BCUT2D eigenvalue weighted by Gasteiger charge is -1.90. The highest BCUT2D eigenvalue weighted by atomic mass is 127. The van der Waals surface area contributed by atoms with Crippen LogP contribution in [-0.4, -0.2) is 14.6 Å². The monoisotopic (exact) mass is 279 g/mol. The minimum atomic E-state index is 0.628. The molecule has 2 aromatic heterocycles. The molecule has 0 saturated heterocycles. The number of hydrogen-bond donors (Lipinski definition) is 0. The van der Waals surface area contributed by atoms with E-state index < -0.39 is 0 Å². The molecule has 0 aliphatic heterocycles. The second-order valence-electron chi connectivity index (χ2n) is 2.01. The number of rotatable bonds is 0. The van der Waals surface area contributed by atoms with Crippen LogP contribution < -0.4 is 0 Å². The van der Waals surface area contributed by atoms with Gasteiger partial charge in [0, 0.05) is 28.8 Å². The Balaban J connectivity index is 2.90. The smallest absolute Gasteiger partial charge is 0.212 e. The van der Waals surface area contributed by atoms with Gasteiger partial charge >= 0.3 is 0 Å². The van der Waals surface area contributed by atoms with E-state index in [-0.39, 0.29) is 0 Å². The summed E-state index contributed by atoms with van der Waals surface area (Å²) in [5, 5.41) is 4.71. The van der Waals surface area contributed by atoms with Gasteiger partial charge in [-0.15, -0.1) is 5.10 Å². The number of hydrogen-bond acceptors (Lipinski definition) is 2. The molecule has 2 aromatic rings. The summed E-state index contributed by atoms with van der Waals surface area (Å²) < 4.78 is 2.36. The molecule has 0 fully saturated rings. The molecule has 11 heavy (non-hydrogen) atoms. The molecule has 0 amide bonds. The van der Waals surface area contributed by atoms with Crippen LogP contribution in [0.3, 0.4) is 0 Å². The van der Waals surface area contributed by atoms with E-state index >= 15 is 0 Å². The Hall–Kier alpha value is -0.360. The quantitative estimate of drug-likeness (QED) is 0.690. The van der Waals surface area contributed by atoms with Gasteiger partial charge in [-0.3, -0.25) is 0 Å². The zero-order valence-corrected chi connectivity index (χ0v) is 8.24. The first kappa shape index (κ1) is 7.30. The Bertz CT molecular complexity index is 398. The standard InChI is InChI=1S/C6H3ClIN3/c7-4-2-1-3-11-5(4)9-6(8)10-11/h1-3H. The first-order chi connectivity index (χ1) is 5.27. The van der Waals surface area contributed by atoms with Crippen LogP contribution in [0.25, 0.3) is 5.65 Å². The fourth-order valence-corrected chi connectivity index (χ4v) is 1.51. The fourth-order valence-electron chi connectivity index (χ4n) is 0.848. The average Bonchev–Trinajstić information content (AvgIpc) is 2.31. The molecule has 2 heterocycles. The van der Waals surface area contributed by atoms with E-state index in [9.17, 15) is 0 Å². The van der Waals surface area contributed by atoms with Crippen molar-refractivity contribution in [3.63, 3.8) is 0 Å². The second-order valence-corrected chi connectivity index (χ2v) is 3.38.